The molecule has 0 bridgehead atoms. The van der Waals surface area contributed by atoms with Gasteiger partial charge >= 0.3 is 0 Å². The number of rotatable bonds is 6. The summed E-state index contributed by atoms with van der Waals surface area (Å²) in [6, 6.07) is 6.64. The predicted octanol–water partition coefficient (Wildman–Crippen LogP) is 1.49. The van der Waals surface area contributed by atoms with Crippen molar-refractivity contribution in [3.63, 3.8) is 0 Å². The first kappa shape index (κ1) is 17.0. The Labute approximate surface area is 127 Å². The summed E-state index contributed by atoms with van der Waals surface area (Å²) in [6.07, 6.45) is 0. The highest BCUT2D eigenvalue weighted by Gasteiger charge is 2.15. The van der Waals surface area contributed by atoms with Gasteiger partial charge < -0.3 is 10.3 Å². The minimum Gasteiger partial charge on any atom is -0.338 e. The first-order chi connectivity index (χ1) is 9.60. The topological polar surface area (TPSA) is 111 Å². The Morgan fingerprint density at radius 3 is 2.71 bits per heavy atom. The monoisotopic (exact) mass is 313 g/mol. The summed E-state index contributed by atoms with van der Waals surface area (Å²) >= 11 is 0. The van der Waals surface area contributed by atoms with E-state index in [0.717, 1.165) is 0 Å². The zero-order chi connectivity index (χ0) is 14.5. The van der Waals surface area contributed by atoms with Crippen LogP contribution in [-0.2, 0) is 19.6 Å². The van der Waals surface area contributed by atoms with Crippen molar-refractivity contribution in [2.75, 3.05) is 7.05 Å². The first-order valence-corrected chi connectivity index (χ1v) is 6.02. The number of nitro benzene ring substituents is 1. The molecule has 1 heterocycles. The maximum Gasteiger partial charge on any atom is 0.273 e. The van der Waals surface area contributed by atoms with E-state index in [1.807, 2.05) is 11.9 Å². The molecular formula is C12H16ClN5O3. The summed E-state index contributed by atoms with van der Waals surface area (Å²) < 4.78 is 4.91. The molecule has 114 valence electrons. The molecular weight excluding hydrogens is 298 g/mol. The van der Waals surface area contributed by atoms with Crippen LogP contribution in [0.25, 0.3) is 0 Å². The summed E-state index contributed by atoms with van der Waals surface area (Å²) in [7, 11) is 1.83. The van der Waals surface area contributed by atoms with Crippen molar-refractivity contribution >= 4 is 18.1 Å². The molecule has 0 aliphatic rings. The fraction of sp³-hybridized carbons (Fsp3) is 0.333. The average molecular weight is 314 g/mol. The Kier molecular flexibility index (Phi) is 6.22. The molecule has 8 nitrogen and oxygen atoms in total. The molecule has 0 unspecified atom stereocenters. The van der Waals surface area contributed by atoms with Gasteiger partial charge in [-0.05, 0) is 7.05 Å². The van der Waals surface area contributed by atoms with Gasteiger partial charge in [-0.25, -0.2) is 0 Å². The number of halogens is 1. The van der Waals surface area contributed by atoms with Crippen molar-refractivity contribution < 1.29 is 9.45 Å². The molecule has 2 rings (SSSR count). The van der Waals surface area contributed by atoms with E-state index in [-0.39, 0.29) is 29.6 Å². The van der Waals surface area contributed by atoms with Crippen LogP contribution in [0.5, 0.6) is 0 Å². The van der Waals surface area contributed by atoms with Gasteiger partial charge in [0.2, 0.25) is 5.89 Å². The van der Waals surface area contributed by atoms with Crippen LogP contribution >= 0.6 is 12.4 Å². The van der Waals surface area contributed by atoms with Crippen LogP contribution in [0.2, 0.25) is 0 Å². The molecule has 1 aromatic carbocycles. The van der Waals surface area contributed by atoms with Crippen molar-refractivity contribution in [1.82, 2.24) is 15.0 Å². The van der Waals surface area contributed by atoms with Crippen LogP contribution < -0.4 is 5.73 Å². The van der Waals surface area contributed by atoms with Crippen molar-refractivity contribution in [2.24, 2.45) is 5.73 Å². The Hall–Kier alpha value is -2.03. The van der Waals surface area contributed by atoms with E-state index in [2.05, 4.69) is 10.1 Å². The Bertz CT molecular complexity index is 604. The summed E-state index contributed by atoms with van der Waals surface area (Å²) in [5.41, 5.74) is 6.13. The molecule has 0 atom stereocenters. The lowest BCUT2D eigenvalue weighted by Crippen LogP contribution is -2.18. The van der Waals surface area contributed by atoms with E-state index < -0.39 is 0 Å². The van der Waals surface area contributed by atoms with Crippen LogP contribution in [0.15, 0.2) is 28.8 Å². The van der Waals surface area contributed by atoms with Crippen LogP contribution in [-0.4, -0.2) is 27.0 Å². The van der Waals surface area contributed by atoms with Gasteiger partial charge in [-0.2, -0.15) is 4.98 Å². The second kappa shape index (κ2) is 7.67. The SMILES string of the molecule is CN(Cc1noc(CN)n1)Cc1ccccc1[N+](=O)[O-].Cl. The maximum absolute atomic E-state index is 10.9. The Balaban J connectivity index is 0.00000220. The fourth-order valence-corrected chi connectivity index (χ4v) is 1.85. The number of nitro groups is 1. The minimum atomic E-state index is -0.385. The van der Waals surface area contributed by atoms with Crippen LogP contribution in [0.3, 0.4) is 0 Å². The number of hydrogen-bond acceptors (Lipinski definition) is 7. The summed E-state index contributed by atoms with van der Waals surface area (Å²) in [6.45, 7) is 1.04. The van der Waals surface area contributed by atoms with Gasteiger partial charge in [-0.3, -0.25) is 15.0 Å². The average Bonchev–Trinajstić information content (AvgIpc) is 2.86. The number of para-hydroxylation sites is 1. The molecule has 0 spiro atoms. The van der Waals surface area contributed by atoms with Gasteiger partial charge in [0.25, 0.3) is 5.69 Å². The molecule has 0 fully saturated rings. The van der Waals surface area contributed by atoms with E-state index in [1.54, 1.807) is 18.2 Å². The summed E-state index contributed by atoms with van der Waals surface area (Å²) in [5, 5.41) is 14.7. The largest absolute Gasteiger partial charge is 0.338 e. The second-order valence-corrected chi connectivity index (χ2v) is 4.37. The lowest BCUT2D eigenvalue weighted by Gasteiger charge is -2.14. The fourth-order valence-electron chi connectivity index (χ4n) is 1.85. The smallest absolute Gasteiger partial charge is 0.273 e. The molecule has 2 aromatic rings. The van der Waals surface area contributed by atoms with Crippen molar-refractivity contribution in [3.8, 4) is 0 Å². The Morgan fingerprint density at radius 2 is 2.10 bits per heavy atom. The van der Waals surface area contributed by atoms with Crippen LogP contribution in [0.1, 0.15) is 17.3 Å². The van der Waals surface area contributed by atoms with Gasteiger partial charge in [0, 0.05) is 18.2 Å². The van der Waals surface area contributed by atoms with Gasteiger partial charge in [0.1, 0.15) is 0 Å². The van der Waals surface area contributed by atoms with Crippen LogP contribution in [0, 0.1) is 10.1 Å². The third-order valence-corrected chi connectivity index (χ3v) is 2.72. The molecule has 21 heavy (non-hydrogen) atoms. The third-order valence-electron chi connectivity index (χ3n) is 2.72. The lowest BCUT2D eigenvalue weighted by molar-refractivity contribution is -0.385. The molecule has 1 aromatic heterocycles. The molecule has 0 amide bonds. The predicted molar refractivity (Wildman–Crippen MR) is 77.7 cm³/mol. The van der Waals surface area contributed by atoms with E-state index >= 15 is 0 Å². The first-order valence-electron chi connectivity index (χ1n) is 6.02. The molecule has 0 aliphatic carbocycles. The normalized spacial score (nSPS) is 10.4. The number of hydrogen-bond donors (Lipinski definition) is 1. The Morgan fingerprint density at radius 1 is 1.38 bits per heavy atom. The summed E-state index contributed by atoms with van der Waals surface area (Å²) in [4.78, 5) is 16.5. The molecule has 0 aliphatic heterocycles. The van der Waals surface area contributed by atoms with Crippen LogP contribution in [0.4, 0.5) is 5.69 Å². The van der Waals surface area contributed by atoms with E-state index in [0.29, 0.717) is 30.4 Å². The summed E-state index contributed by atoms with van der Waals surface area (Å²) in [5.74, 6) is 0.880. The zero-order valence-electron chi connectivity index (χ0n) is 11.4. The minimum absolute atomic E-state index is 0. The number of nitrogens with two attached hydrogens (primary N) is 1. The highest BCUT2D eigenvalue weighted by Crippen LogP contribution is 2.19. The molecule has 0 saturated heterocycles. The number of benzene rings is 1. The van der Waals surface area contributed by atoms with E-state index in [4.69, 9.17) is 10.3 Å². The molecule has 0 radical (unpaired) electrons. The van der Waals surface area contributed by atoms with Gasteiger partial charge in [-0.15, -0.1) is 12.4 Å². The molecule has 0 saturated carbocycles. The van der Waals surface area contributed by atoms with Crippen molar-refractivity contribution in [3.05, 3.63) is 51.7 Å². The highest BCUT2D eigenvalue weighted by atomic mass is 35.5. The number of nitrogens with zero attached hydrogens (tertiary/aromatic N) is 4. The van der Waals surface area contributed by atoms with Gasteiger partial charge in [0.15, 0.2) is 5.82 Å². The van der Waals surface area contributed by atoms with E-state index in [1.165, 1.54) is 6.07 Å². The van der Waals surface area contributed by atoms with Crippen molar-refractivity contribution in [1.29, 1.82) is 0 Å². The zero-order valence-corrected chi connectivity index (χ0v) is 12.2. The maximum atomic E-state index is 10.9. The molecule has 2 N–H and O–H groups in total. The molecule has 9 heteroatoms. The lowest BCUT2D eigenvalue weighted by atomic mass is 10.1. The number of aromatic nitrogens is 2. The van der Waals surface area contributed by atoms with Gasteiger partial charge in [0.05, 0.1) is 18.0 Å². The van der Waals surface area contributed by atoms with Gasteiger partial charge in [-0.1, -0.05) is 23.4 Å². The second-order valence-electron chi connectivity index (χ2n) is 4.37. The van der Waals surface area contributed by atoms with E-state index in [9.17, 15) is 10.1 Å². The standard InChI is InChI=1S/C12H15N5O3.ClH/c1-16(8-11-14-12(6-13)20-15-11)7-9-4-2-3-5-10(9)17(18)19;/h2-5H,6-8,13H2,1H3;1H. The van der Waals surface area contributed by atoms with Crippen molar-refractivity contribution in [2.45, 2.75) is 19.6 Å². The quantitative estimate of drug-likeness (QED) is 0.635. The highest BCUT2D eigenvalue weighted by molar-refractivity contribution is 5.85. The third kappa shape index (κ3) is 4.48.